The van der Waals surface area contributed by atoms with E-state index in [4.69, 9.17) is 18.6 Å². The molecule has 0 saturated heterocycles. The van der Waals surface area contributed by atoms with Crippen LogP contribution < -0.4 is 9.47 Å². The molecule has 0 unspecified atom stereocenters. The topological polar surface area (TPSA) is 70.3 Å². The standard InChI is InChI=1S/C19H16BrNO5/c1-3-7-25-17-13(20)9-12(11-16(17)23-4-2)10-14-19(22)26-18(21-14)15-6-5-8-24-15/h3,5-6,8-11H,1,4,7H2,2H3/b14-10-. The Morgan fingerprint density at radius 2 is 2.19 bits per heavy atom. The van der Waals surface area contributed by atoms with Crippen molar-refractivity contribution in [3.63, 3.8) is 0 Å². The van der Waals surface area contributed by atoms with Crippen molar-refractivity contribution in [2.45, 2.75) is 6.92 Å². The maximum absolute atomic E-state index is 12.1. The number of cyclic esters (lactones) is 1. The summed E-state index contributed by atoms with van der Waals surface area (Å²) in [5.74, 6) is 1.12. The number of carbonyl (C=O) groups excluding carboxylic acids is 1. The van der Waals surface area contributed by atoms with Gasteiger partial charge in [-0.05, 0) is 58.8 Å². The van der Waals surface area contributed by atoms with Crippen LogP contribution in [0.1, 0.15) is 18.2 Å². The Hall–Kier alpha value is -2.80. The zero-order valence-corrected chi connectivity index (χ0v) is 15.6. The fourth-order valence-electron chi connectivity index (χ4n) is 2.29. The quantitative estimate of drug-likeness (QED) is 0.380. The normalized spacial score (nSPS) is 14.9. The van der Waals surface area contributed by atoms with E-state index in [9.17, 15) is 4.79 Å². The Morgan fingerprint density at radius 3 is 2.88 bits per heavy atom. The number of benzene rings is 1. The van der Waals surface area contributed by atoms with Gasteiger partial charge in [0.05, 0.1) is 17.3 Å². The van der Waals surface area contributed by atoms with Crippen molar-refractivity contribution in [2.75, 3.05) is 13.2 Å². The summed E-state index contributed by atoms with van der Waals surface area (Å²) in [4.78, 5) is 16.3. The van der Waals surface area contributed by atoms with Gasteiger partial charge in [-0.2, -0.15) is 0 Å². The first-order valence-corrected chi connectivity index (χ1v) is 8.68. The second-order valence-electron chi connectivity index (χ2n) is 5.18. The van der Waals surface area contributed by atoms with Crippen LogP contribution in [0.25, 0.3) is 6.08 Å². The second-order valence-corrected chi connectivity index (χ2v) is 6.03. The first kappa shape index (κ1) is 18.0. The highest BCUT2D eigenvalue weighted by molar-refractivity contribution is 9.10. The molecule has 1 aromatic carbocycles. The van der Waals surface area contributed by atoms with Gasteiger partial charge in [0.1, 0.15) is 6.61 Å². The van der Waals surface area contributed by atoms with Crippen molar-refractivity contribution >= 4 is 33.9 Å². The molecule has 26 heavy (non-hydrogen) atoms. The van der Waals surface area contributed by atoms with Gasteiger partial charge in [0.25, 0.3) is 5.90 Å². The number of nitrogens with zero attached hydrogens (tertiary/aromatic N) is 1. The number of halogens is 1. The number of carbonyl (C=O) groups is 1. The monoisotopic (exact) mass is 417 g/mol. The molecule has 0 N–H and O–H groups in total. The fraction of sp³-hybridized carbons (Fsp3) is 0.158. The average molecular weight is 418 g/mol. The summed E-state index contributed by atoms with van der Waals surface area (Å²) in [5, 5.41) is 0. The van der Waals surface area contributed by atoms with Gasteiger partial charge in [0.15, 0.2) is 23.0 Å². The number of aliphatic imine (C=N–C) groups is 1. The molecule has 0 saturated carbocycles. The molecule has 134 valence electrons. The van der Waals surface area contributed by atoms with Crippen molar-refractivity contribution < 1.29 is 23.4 Å². The van der Waals surface area contributed by atoms with E-state index in [1.165, 1.54) is 6.26 Å². The van der Waals surface area contributed by atoms with Gasteiger partial charge in [-0.1, -0.05) is 12.7 Å². The van der Waals surface area contributed by atoms with Gasteiger partial charge in [-0.25, -0.2) is 9.79 Å². The summed E-state index contributed by atoms with van der Waals surface area (Å²) >= 11 is 3.47. The summed E-state index contributed by atoms with van der Waals surface area (Å²) in [7, 11) is 0. The molecule has 0 bridgehead atoms. The molecule has 1 aromatic heterocycles. The number of esters is 1. The van der Waals surface area contributed by atoms with Crippen LogP contribution in [0.15, 0.2) is 62.8 Å². The molecule has 0 spiro atoms. The zero-order chi connectivity index (χ0) is 18.5. The van der Waals surface area contributed by atoms with Gasteiger partial charge in [0.2, 0.25) is 0 Å². The molecule has 0 amide bonds. The SMILES string of the molecule is C=CCOc1c(Br)cc(/C=C2\N=C(c3ccco3)OC2=O)cc1OCC. The summed E-state index contributed by atoms with van der Waals surface area (Å²) in [5.41, 5.74) is 0.883. The maximum Gasteiger partial charge on any atom is 0.363 e. The Kier molecular flexibility index (Phi) is 5.58. The molecule has 7 heteroatoms. The van der Waals surface area contributed by atoms with Gasteiger partial charge in [-0.3, -0.25) is 0 Å². The third kappa shape index (κ3) is 3.88. The highest BCUT2D eigenvalue weighted by Crippen LogP contribution is 2.37. The summed E-state index contributed by atoms with van der Waals surface area (Å²) in [6.45, 7) is 6.34. The highest BCUT2D eigenvalue weighted by Gasteiger charge is 2.26. The van der Waals surface area contributed by atoms with Gasteiger partial charge in [-0.15, -0.1) is 0 Å². The summed E-state index contributed by atoms with van der Waals surface area (Å²) in [6.07, 6.45) is 4.75. The van der Waals surface area contributed by atoms with Crippen molar-refractivity contribution in [1.82, 2.24) is 0 Å². The van der Waals surface area contributed by atoms with E-state index in [1.54, 1.807) is 30.4 Å². The molecular formula is C19H16BrNO5. The first-order valence-electron chi connectivity index (χ1n) is 7.88. The molecule has 1 aliphatic heterocycles. The van der Waals surface area contributed by atoms with Crippen LogP contribution in [0, 0.1) is 0 Å². The van der Waals surface area contributed by atoms with Crippen LogP contribution in [0.2, 0.25) is 0 Å². The molecule has 0 aliphatic carbocycles. The molecule has 3 rings (SSSR count). The molecule has 0 atom stereocenters. The Morgan fingerprint density at radius 1 is 1.35 bits per heavy atom. The van der Waals surface area contributed by atoms with E-state index in [-0.39, 0.29) is 11.6 Å². The minimum absolute atomic E-state index is 0.140. The average Bonchev–Trinajstić information content (AvgIpc) is 3.25. The Labute approximate surface area is 158 Å². The van der Waals surface area contributed by atoms with Gasteiger partial charge >= 0.3 is 5.97 Å². The zero-order valence-electron chi connectivity index (χ0n) is 14.0. The number of rotatable bonds is 7. The lowest BCUT2D eigenvalue weighted by atomic mass is 10.1. The van der Waals surface area contributed by atoms with Crippen LogP contribution in [0.3, 0.4) is 0 Å². The smallest absolute Gasteiger partial charge is 0.363 e. The molecule has 6 nitrogen and oxygen atoms in total. The van der Waals surface area contributed by atoms with Crippen LogP contribution in [0.4, 0.5) is 0 Å². The fourth-order valence-corrected chi connectivity index (χ4v) is 2.86. The highest BCUT2D eigenvalue weighted by atomic mass is 79.9. The van der Waals surface area contributed by atoms with Gasteiger partial charge in [0, 0.05) is 0 Å². The third-order valence-corrected chi connectivity index (χ3v) is 3.92. The number of furan rings is 1. The molecule has 1 aliphatic rings. The molecular weight excluding hydrogens is 402 g/mol. The Balaban J connectivity index is 1.95. The Bertz CT molecular complexity index is 884. The van der Waals surface area contributed by atoms with Crippen LogP contribution in [-0.4, -0.2) is 25.1 Å². The lowest BCUT2D eigenvalue weighted by Crippen LogP contribution is -2.04. The third-order valence-electron chi connectivity index (χ3n) is 3.33. The van der Waals surface area contributed by atoms with Crippen molar-refractivity contribution in [3.05, 3.63) is 64.7 Å². The predicted octanol–water partition coefficient (Wildman–Crippen LogP) is 4.35. The molecule has 0 radical (unpaired) electrons. The number of hydrogen-bond acceptors (Lipinski definition) is 6. The van der Waals surface area contributed by atoms with Crippen molar-refractivity contribution in [2.24, 2.45) is 4.99 Å². The van der Waals surface area contributed by atoms with Crippen LogP contribution in [-0.2, 0) is 9.53 Å². The van der Waals surface area contributed by atoms with E-state index in [0.29, 0.717) is 40.5 Å². The van der Waals surface area contributed by atoms with Crippen LogP contribution in [0.5, 0.6) is 11.5 Å². The maximum atomic E-state index is 12.1. The second kappa shape index (κ2) is 8.05. The predicted molar refractivity (Wildman–Crippen MR) is 100 cm³/mol. The van der Waals surface area contributed by atoms with E-state index >= 15 is 0 Å². The van der Waals surface area contributed by atoms with Crippen molar-refractivity contribution in [3.8, 4) is 11.5 Å². The summed E-state index contributed by atoms with van der Waals surface area (Å²) in [6, 6.07) is 6.94. The van der Waals surface area contributed by atoms with E-state index in [2.05, 4.69) is 27.5 Å². The van der Waals surface area contributed by atoms with E-state index < -0.39 is 5.97 Å². The first-order chi connectivity index (χ1) is 12.6. The summed E-state index contributed by atoms with van der Waals surface area (Å²) < 4.78 is 22.3. The minimum atomic E-state index is -0.544. The van der Waals surface area contributed by atoms with E-state index in [0.717, 1.165) is 0 Å². The minimum Gasteiger partial charge on any atom is -0.490 e. The number of hydrogen-bond donors (Lipinski definition) is 0. The van der Waals surface area contributed by atoms with Gasteiger partial charge < -0.3 is 18.6 Å². The lowest BCUT2D eigenvalue weighted by Gasteiger charge is -2.13. The molecule has 0 fully saturated rings. The van der Waals surface area contributed by atoms with Crippen molar-refractivity contribution in [1.29, 1.82) is 0 Å². The number of ether oxygens (including phenoxy) is 3. The van der Waals surface area contributed by atoms with E-state index in [1.807, 2.05) is 13.0 Å². The molecule has 2 heterocycles. The van der Waals surface area contributed by atoms with Crippen LogP contribution >= 0.6 is 15.9 Å². The largest absolute Gasteiger partial charge is 0.490 e. The lowest BCUT2D eigenvalue weighted by molar-refractivity contribution is -0.130. The molecule has 2 aromatic rings.